The van der Waals surface area contributed by atoms with Gasteiger partial charge in [0.15, 0.2) is 5.69 Å². The summed E-state index contributed by atoms with van der Waals surface area (Å²) < 4.78 is 5.28. The van der Waals surface area contributed by atoms with Gasteiger partial charge in [0.05, 0.1) is 30.8 Å². The van der Waals surface area contributed by atoms with Crippen LogP contribution in [0.3, 0.4) is 0 Å². The number of rotatable bonds is 2. The fraction of sp³-hybridized carbons (Fsp3) is 0.417. The monoisotopic (exact) mass is 280 g/mol. The van der Waals surface area contributed by atoms with Crippen LogP contribution in [0, 0.1) is 11.3 Å². The van der Waals surface area contributed by atoms with Crippen LogP contribution < -0.4 is 9.80 Å². The third-order valence-electron chi connectivity index (χ3n) is 2.96. The highest BCUT2D eigenvalue weighted by Crippen LogP contribution is 2.25. The Balaban J connectivity index is 2.35. The summed E-state index contributed by atoms with van der Waals surface area (Å²) in [7, 11) is 1.51. The third kappa shape index (κ3) is 2.95. The zero-order valence-corrected chi connectivity index (χ0v) is 11.2. The van der Waals surface area contributed by atoms with Crippen molar-refractivity contribution >= 4 is 28.3 Å². The molecule has 0 aromatic carbocycles. The number of nitrogens with zero attached hydrogens (tertiary/aromatic N) is 4. The maximum absolute atomic E-state index is 11.2. The lowest BCUT2D eigenvalue weighted by atomic mass is 10.2. The fourth-order valence-corrected chi connectivity index (χ4v) is 1.96. The third-order valence-corrected chi connectivity index (χ3v) is 3.21. The standard InChI is InChI=1S/C12H13ClN4O2/c1-16(12(13)18)11-6-9(8-15-10(11)7-14)17-2-4-19-5-3-17/h6,8H,2-5H2,1H3. The van der Waals surface area contributed by atoms with Crippen LogP contribution in [0.15, 0.2) is 12.3 Å². The van der Waals surface area contributed by atoms with Gasteiger partial charge in [-0.15, -0.1) is 0 Å². The molecule has 1 saturated heterocycles. The first-order valence-electron chi connectivity index (χ1n) is 5.79. The van der Waals surface area contributed by atoms with Crippen molar-refractivity contribution < 1.29 is 9.53 Å². The van der Waals surface area contributed by atoms with Gasteiger partial charge in [0, 0.05) is 20.1 Å². The lowest BCUT2D eigenvalue weighted by molar-refractivity contribution is 0.122. The molecule has 0 aliphatic carbocycles. The van der Waals surface area contributed by atoms with Gasteiger partial charge in [-0.05, 0) is 17.7 Å². The molecule has 1 fully saturated rings. The summed E-state index contributed by atoms with van der Waals surface area (Å²) in [5, 5.41) is 8.37. The molecule has 0 unspecified atom stereocenters. The molecule has 2 heterocycles. The van der Waals surface area contributed by atoms with Crippen molar-refractivity contribution in [2.75, 3.05) is 43.2 Å². The number of amides is 1. The smallest absolute Gasteiger partial charge is 0.320 e. The fourth-order valence-electron chi connectivity index (χ4n) is 1.87. The van der Waals surface area contributed by atoms with E-state index in [1.165, 1.54) is 11.9 Å². The first-order chi connectivity index (χ1) is 9.13. The number of aromatic nitrogens is 1. The average molecular weight is 281 g/mol. The van der Waals surface area contributed by atoms with Crippen LogP contribution in [-0.4, -0.2) is 43.7 Å². The van der Waals surface area contributed by atoms with Crippen molar-refractivity contribution in [3.63, 3.8) is 0 Å². The van der Waals surface area contributed by atoms with Gasteiger partial charge in [-0.2, -0.15) is 5.26 Å². The number of anilines is 2. The van der Waals surface area contributed by atoms with E-state index in [4.69, 9.17) is 21.6 Å². The van der Waals surface area contributed by atoms with Crippen LogP contribution in [0.2, 0.25) is 0 Å². The largest absolute Gasteiger partial charge is 0.378 e. The average Bonchev–Trinajstić information content (AvgIpc) is 2.46. The molecular formula is C12H13ClN4O2. The lowest BCUT2D eigenvalue weighted by Gasteiger charge is -2.29. The first-order valence-corrected chi connectivity index (χ1v) is 6.17. The Morgan fingerprint density at radius 3 is 2.84 bits per heavy atom. The van der Waals surface area contributed by atoms with Crippen molar-refractivity contribution in [3.05, 3.63) is 18.0 Å². The number of nitriles is 1. The van der Waals surface area contributed by atoms with Crippen molar-refractivity contribution in [2.45, 2.75) is 0 Å². The highest BCUT2D eigenvalue weighted by atomic mass is 35.5. The Morgan fingerprint density at radius 2 is 2.26 bits per heavy atom. The molecule has 19 heavy (non-hydrogen) atoms. The number of halogens is 1. The van der Waals surface area contributed by atoms with E-state index < -0.39 is 5.37 Å². The first kappa shape index (κ1) is 13.6. The number of ether oxygens (including phenoxy) is 1. The highest BCUT2D eigenvalue weighted by molar-refractivity contribution is 6.66. The molecule has 100 valence electrons. The molecule has 0 saturated carbocycles. The molecule has 6 nitrogen and oxygen atoms in total. The van der Waals surface area contributed by atoms with E-state index in [0.717, 1.165) is 18.8 Å². The quantitative estimate of drug-likeness (QED) is 0.608. The van der Waals surface area contributed by atoms with E-state index >= 15 is 0 Å². The Hall–Kier alpha value is -1.84. The van der Waals surface area contributed by atoms with E-state index in [0.29, 0.717) is 18.9 Å². The van der Waals surface area contributed by atoms with Gasteiger partial charge >= 0.3 is 5.37 Å². The summed E-state index contributed by atoms with van der Waals surface area (Å²) in [5.41, 5.74) is 1.43. The van der Waals surface area contributed by atoms with Crippen LogP contribution in [0.25, 0.3) is 0 Å². The molecule has 0 N–H and O–H groups in total. The van der Waals surface area contributed by atoms with Crippen molar-refractivity contribution in [1.29, 1.82) is 5.26 Å². The second-order valence-electron chi connectivity index (χ2n) is 4.08. The molecule has 1 aromatic heterocycles. The summed E-state index contributed by atoms with van der Waals surface area (Å²) in [4.78, 5) is 18.6. The van der Waals surface area contributed by atoms with Gasteiger partial charge in [-0.25, -0.2) is 4.98 Å². The van der Waals surface area contributed by atoms with Gasteiger partial charge in [0.25, 0.3) is 0 Å². The summed E-state index contributed by atoms with van der Waals surface area (Å²) in [6, 6.07) is 3.70. The minimum absolute atomic E-state index is 0.175. The summed E-state index contributed by atoms with van der Waals surface area (Å²) in [5.74, 6) is 0. The predicted molar refractivity (Wildman–Crippen MR) is 71.6 cm³/mol. The minimum atomic E-state index is -0.655. The molecule has 0 spiro atoms. The van der Waals surface area contributed by atoms with Gasteiger partial charge in [0.2, 0.25) is 0 Å². The molecule has 2 rings (SSSR count). The Kier molecular flexibility index (Phi) is 4.20. The SMILES string of the molecule is CN(C(=O)Cl)c1cc(N2CCOCC2)cnc1C#N. The van der Waals surface area contributed by atoms with Gasteiger partial charge in [0.1, 0.15) is 6.07 Å². The van der Waals surface area contributed by atoms with E-state index in [-0.39, 0.29) is 5.69 Å². The second-order valence-corrected chi connectivity index (χ2v) is 4.41. The number of hydrogen-bond donors (Lipinski definition) is 0. The van der Waals surface area contributed by atoms with Crippen molar-refractivity contribution in [3.8, 4) is 6.07 Å². The van der Waals surface area contributed by atoms with Crippen molar-refractivity contribution in [1.82, 2.24) is 4.98 Å². The molecule has 0 atom stereocenters. The number of morpholine rings is 1. The molecular weight excluding hydrogens is 268 g/mol. The number of carbonyl (C=O) groups excluding carboxylic acids is 1. The molecule has 0 radical (unpaired) electrons. The van der Waals surface area contributed by atoms with Gasteiger partial charge in [-0.3, -0.25) is 9.69 Å². The number of carbonyl (C=O) groups is 1. The van der Waals surface area contributed by atoms with E-state index in [1.807, 2.05) is 6.07 Å². The van der Waals surface area contributed by atoms with Crippen molar-refractivity contribution in [2.24, 2.45) is 0 Å². The maximum Gasteiger partial charge on any atom is 0.320 e. The molecule has 0 bridgehead atoms. The highest BCUT2D eigenvalue weighted by Gasteiger charge is 2.18. The lowest BCUT2D eigenvalue weighted by Crippen LogP contribution is -2.36. The maximum atomic E-state index is 11.2. The topological polar surface area (TPSA) is 69.5 Å². The van der Waals surface area contributed by atoms with Crippen LogP contribution in [0.4, 0.5) is 16.2 Å². The number of hydrogen-bond acceptors (Lipinski definition) is 5. The van der Waals surface area contributed by atoms with E-state index in [2.05, 4.69) is 9.88 Å². The Bertz CT molecular complexity index is 523. The summed E-state index contributed by atoms with van der Waals surface area (Å²) in [6.45, 7) is 2.82. The van der Waals surface area contributed by atoms with Crippen LogP contribution >= 0.6 is 11.6 Å². The van der Waals surface area contributed by atoms with Gasteiger partial charge < -0.3 is 9.64 Å². The van der Waals surface area contributed by atoms with E-state index in [9.17, 15) is 4.79 Å². The summed E-state index contributed by atoms with van der Waals surface area (Å²) >= 11 is 5.45. The normalized spacial score (nSPS) is 14.9. The summed E-state index contributed by atoms with van der Waals surface area (Å²) in [6.07, 6.45) is 1.62. The molecule has 1 amide bonds. The second kappa shape index (κ2) is 5.87. The Labute approximate surface area is 116 Å². The predicted octanol–water partition coefficient (Wildman–Crippen LogP) is 1.58. The number of pyridine rings is 1. The Morgan fingerprint density at radius 1 is 1.58 bits per heavy atom. The molecule has 1 aliphatic rings. The van der Waals surface area contributed by atoms with E-state index in [1.54, 1.807) is 12.3 Å². The molecule has 1 aliphatic heterocycles. The molecule has 7 heteroatoms. The zero-order chi connectivity index (χ0) is 13.8. The minimum Gasteiger partial charge on any atom is -0.378 e. The van der Waals surface area contributed by atoms with Crippen LogP contribution in [-0.2, 0) is 4.74 Å². The zero-order valence-electron chi connectivity index (χ0n) is 10.5. The van der Waals surface area contributed by atoms with Gasteiger partial charge in [-0.1, -0.05) is 0 Å². The van der Waals surface area contributed by atoms with Crippen LogP contribution in [0.1, 0.15) is 5.69 Å². The van der Waals surface area contributed by atoms with Crippen LogP contribution in [0.5, 0.6) is 0 Å². The molecule has 1 aromatic rings.